The molecule has 0 aliphatic carbocycles. The summed E-state index contributed by atoms with van der Waals surface area (Å²) < 4.78 is 60.8. The van der Waals surface area contributed by atoms with Crippen molar-refractivity contribution in [2.45, 2.75) is 17.5 Å². The Morgan fingerprint density at radius 2 is 1.95 bits per heavy atom. The van der Waals surface area contributed by atoms with Crippen LogP contribution in [0.4, 0.5) is 13.2 Å². The van der Waals surface area contributed by atoms with E-state index >= 15 is 0 Å². The number of nitrogens with zero attached hydrogens (tertiary/aromatic N) is 1. The summed E-state index contributed by atoms with van der Waals surface area (Å²) in [6, 6.07) is 4.44. The van der Waals surface area contributed by atoms with Gasteiger partial charge in [0.15, 0.2) is 0 Å². The van der Waals surface area contributed by atoms with Crippen LogP contribution in [0.5, 0.6) is 0 Å². The molecule has 0 fully saturated rings. The fraction of sp³-hybridized carbons (Fsp3) is 0.364. The van der Waals surface area contributed by atoms with Gasteiger partial charge in [-0.05, 0) is 18.2 Å². The molecular weight excluding hydrogens is 299 g/mol. The third-order valence-corrected chi connectivity index (χ3v) is 4.35. The first-order valence-electron chi connectivity index (χ1n) is 5.40. The molecule has 0 spiro atoms. The average Bonchev–Trinajstić information content (AvgIpc) is 2.35. The Kier molecular flexibility index (Phi) is 4.77. The van der Waals surface area contributed by atoms with E-state index in [1.54, 1.807) is 0 Å². The fourth-order valence-corrected chi connectivity index (χ4v) is 2.59. The maximum Gasteiger partial charge on any atom is 0.390 e. The number of sulfonamides is 1. The summed E-state index contributed by atoms with van der Waals surface area (Å²) in [5.41, 5.74) is -0.254. The Labute approximate surface area is 113 Å². The molecule has 0 heterocycles. The standard InChI is InChI=1S/C11H12F3NO4S/c1-15(6-5-11(12,13)14)20(18,19)9-4-2-3-8(7-9)10(16)17/h2-4,7H,5-6H2,1H3,(H,16,17). The first-order chi connectivity index (χ1) is 9.04. The minimum Gasteiger partial charge on any atom is -0.478 e. The van der Waals surface area contributed by atoms with Crippen molar-refractivity contribution in [3.63, 3.8) is 0 Å². The van der Waals surface area contributed by atoms with Gasteiger partial charge in [-0.15, -0.1) is 0 Å². The Hall–Kier alpha value is -1.61. The fourth-order valence-electron chi connectivity index (χ4n) is 1.37. The van der Waals surface area contributed by atoms with E-state index in [0.29, 0.717) is 4.31 Å². The van der Waals surface area contributed by atoms with Crippen molar-refractivity contribution in [2.75, 3.05) is 13.6 Å². The zero-order valence-corrected chi connectivity index (χ0v) is 11.2. The highest BCUT2D eigenvalue weighted by Crippen LogP contribution is 2.22. The highest BCUT2D eigenvalue weighted by molar-refractivity contribution is 7.89. The van der Waals surface area contributed by atoms with Crippen LogP contribution >= 0.6 is 0 Å². The van der Waals surface area contributed by atoms with Crippen LogP contribution < -0.4 is 0 Å². The van der Waals surface area contributed by atoms with E-state index in [-0.39, 0.29) is 10.5 Å². The highest BCUT2D eigenvalue weighted by atomic mass is 32.2. The molecule has 0 unspecified atom stereocenters. The van der Waals surface area contributed by atoms with Gasteiger partial charge in [-0.1, -0.05) is 6.07 Å². The van der Waals surface area contributed by atoms with Crippen molar-refractivity contribution in [1.82, 2.24) is 4.31 Å². The molecule has 0 aromatic heterocycles. The molecule has 9 heteroatoms. The van der Waals surface area contributed by atoms with Crippen LogP contribution in [0.1, 0.15) is 16.8 Å². The van der Waals surface area contributed by atoms with Crippen molar-refractivity contribution >= 4 is 16.0 Å². The lowest BCUT2D eigenvalue weighted by Gasteiger charge is -2.18. The first-order valence-corrected chi connectivity index (χ1v) is 6.84. The summed E-state index contributed by atoms with van der Waals surface area (Å²) in [6.07, 6.45) is -5.74. The van der Waals surface area contributed by atoms with Gasteiger partial charge in [-0.3, -0.25) is 0 Å². The number of aromatic carboxylic acids is 1. The first kappa shape index (κ1) is 16.4. The Bertz CT molecular complexity index is 598. The van der Waals surface area contributed by atoms with Crippen LogP contribution in [0, 0.1) is 0 Å². The van der Waals surface area contributed by atoms with Gasteiger partial charge in [0, 0.05) is 13.6 Å². The molecule has 0 radical (unpaired) electrons. The van der Waals surface area contributed by atoms with Gasteiger partial charge in [0.05, 0.1) is 16.9 Å². The lowest BCUT2D eigenvalue weighted by molar-refractivity contribution is -0.135. The summed E-state index contributed by atoms with van der Waals surface area (Å²) in [5.74, 6) is -1.32. The molecular formula is C11H12F3NO4S. The third-order valence-electron chi connectivity index (χ3n) is 2.50. The number of carbonyl (C=O) groups is 1. The zero-order valence-electron chi connectivity index (χ0n) is 10.4. The molecule has 1 rings (SSSR count). The molecule has 112 valence electrons. The number of halogens is 3. The second kappa shape index (κ2) is 5.80. The third kappa shape index (κ3) is 4.20. The number of alkyl halides is 3. The normalized spacial score (nSPS) is 12.7. The molecule has 0 amide bonds. The van der Waals surface area contributed by atoms with Crippen LogP contribution in [0.15, 0.2) is 29.2 Å². The zero-order chi connectivity index (χ0) is 15.6. The van der Waals surface area contributed by atoms with Crippen molar-refractivity contribution in [2.24, 2.45) is 0 Å². The monoisotopic (exact) mass is 311 g/mol. The molecule has 1 aromatic rings. The van der Waals surface area contributed by atoms with Crippen LogP contribution in [-0.4, -0.2) is 43.6 Å². The van der Waals surface area contributed by atoms with Crippen molar-refractivity contribution in [1.29, 1.82) is 0 Å². The van der Waals surface area contributed by atoms with E-state index in [4.69, 9.17) is 5.11 Å². The second-order valence-corrected chi connectivity index (χ2v) is 6.07. The molecule has 20 heavy (non-hydrogen) atoms. The van der Waals surface area contributed by atoms with Gasteiger partial charge in [0.25, 0.3) is 0 Å². The number of benzene rings is 1. The molecule has 0 atom stereocenters. The number of carboxylic acids is 1. The van der Waals surface area contributed by atoms with Gasteiger partial charge in [0.1, 0.15) is 0 Å². The lowest BCUT2D eigenvalue weighted by Crippen LogP contribution is -2.30. The summed E-state index contributed by atoms with van der Waals surface area (Å²) in [5, 5.41) is 8.77. The summed E-state index contributed by atoms with van der Waals surface area (Å²) in [6.45, 7) is -0.733. The van der Waals surface area contributed by atoms with E-state index in [2.05, 4.69) is 0 Å². The Morgan fingerprint density at radius 3 is 2.45 bits per heavy atom. The SMILES string of the molecule is CN(CCC(F)(F)F)S(=O)(=O)c1cccc(C(=O)O)c1. The van der Waals surface area contributed by atoms with Gasteiger partial charge in [-0.25, -0.2) is 17.5 Å². The van der Waals surface area contributed by atoms with Crippen LogP contribution in [0.25, 0.3) is 0 Å². The van der Waals surface area contributed by atoms with Crippen molar-refractivity contribution < 1.29 is 31.5 Å². The molecule has 0 saturated carbocycles. The van der Waals surface area contributed by atoms with Crippen molar-refractivity contribution in [3.05, 3.63) is 29.8 Å². The van der Waals surface area contributed by atoms with E-state index < -0.39 is 35.1 Å². The number of rotatable bonds is 5. The summed E-state index contributed by atoms with van der Waals surface area (Å²) >= 11 is 0. The highest BCUT2D eigenvalue weighted by Gasteiger charge is 2.30. The van der Waals surface area contributed by atoms with Crippen LogP contribution in [0.2, 0.25) is 0 Å². The molecule has 5 nitrogen and oxygen atoms in total. The lowest BCUT2D eigenvalue weighted by atomic mass is 10.2. The predicted molar refractivity (Wildman–Crippen MR) is 63.9 cm³/mol. The summed E-state index contributed by atoms with van der Waals surface area (Å²) in [4.78, 5) is 10.4. The second-order valence-electron chi connectivity index (χ2n) is 4.02. The Morgan fingerprint density at radius 1 is 1.35 bits per heavy atom. The van der Waals surface area contributed by atoms with Crippen LogP contribution in [0.3, 0.4) is 0 Å². The van der Waals surface area contributed by atoms with Gasteiger partial charge >= 0.3 is 12.1 Å². The van der Waals surface area contributed by atoms with E-state index in [1.165, 1.54) is 12.1 Å². The van der Waals surface area contributed by atoms with Crippen molar-refractivity contribution in [3.8, 4) is 0 Å². The minimum absolute atomic E-state index is 0.254. The average molecular weight is 311 g/mol. The summed E-state index contributed by atoms with van der Waals surface area (Å²) in [7, 11) is -3.14. The smallest absolute Gasteiger partial charge is 0.390 e. The molecule has 1 N–H and O–H groups in total. The van der Waals surface area contributed by atoms with E-state index in [9.17, 15) is 26.4 Å². The van der Waals surface area contributed by atoms with Crippen LogP contribution in [-0.2, 0) is 10.0 Å². The van der Waals surface area contributed by atoms with Gasteiger partial charge in [-0.2, -0.15) is 13.2 Å². The maximum atomic E-state index is 12.1. The number of hydrogen-bond donors (Lipinski definition) is 1. The minimum atomic E-state index is -4.47. The van der Waals surface area contributed by atoms with Gasteiger partial charge in [0.2, 0.25) is 10.0 Å². The van der Waals surface area contributed by atoms with E-state index in [1.807, 2.05) is 0 Å². The largest absolute Gasteiger partial charge is 0.478 e. The molecule has 0 aliphatic rings. The molecule has 0 aliphatic heterocycles. The molecule has 0 bridgehead atoms. The van der Waals surface area contributed by atoms with Gasteiger partial charge < -0.3 is 5.11 Å². The molecule has 0 saturated heterocycles. The maximum absolute atomic E-state index is 12.1. The number of hydrogen-bond acceptors (Lipinski definition) is 3. The number of carboxylic acid groups (broad SMARTS) is 1. The topological polar surface area (TPSA) is 74.7 Å². The Balaban J connectivity index is 2.98. The quantitative estimate of drug-likeness (QED) is 0.902. The van der Waals surface area contributed by atoms with E-state index in [0.717, 1.165) is 19.2 Å². The predicted octanol–water partition coefficient (Wildman–Crippen LogP) is 1.96. The molecule has 1 aromatic carbocycles.